The fourth-order valence-electron chi connectivity index (χ4n) is 2.85. The van der Waals surface area contributed by atoms with Crippen molar-refractivity contribution in [2.75, 3.05) is 19.7 Å². The van der Waals surface area contributed by atoms with Crippen molar-refractivity contribution >= 4 is 17.1 Å². The van der Waals surface area contributed by atoms with Gasteiger partial charge in [0.1, 0.15) is 11.1 Å². The molecule has 2 saturated heterocycles. The maximum atomic E-state index is 11.5. The number of ketones is 1. The van der Waals surface area contributed by atoms with E-state index in [9.17, 15) is 4.79 Å². The summed E-state index contributed by atoms with van der Waals surface area (Å²) in [7, 11) is 0. The minimum atomic E-state index is 0.0520. The van der Waals surface area contributed by atoms with E-state index < -0.39 is 0 Å². The number of carbonyl (C=O) groups is 1. The molecule has 0 unspecified atom stereocenters. The highest BCUT2D eigenvalue weighted by atomic mass is 32.1. The summed E-state index contributed by atoms with van der Waals surface area (Å²) in [6.07, 6.45) is 2.58. The SMILES string of the molecule is CC(=O)c1sc([C@H]2CN3CCC[C@@H]3CO2)nc1C. The number of hydrogen-bond acceptors (Lipinski definition) is 5. The lowest BCUT2D eigenvalue weighted by atomic mass is 10.2. The Bertz CT molecular complexity index is 472. The third-order valence-corrected chi connectivity index (χ3v) is 5.15. The van der Waals surface area contributed by atoms with Crippen molar-refractivity contribution in [2.45, 2.75) is 38.8 Å². The zero-order valence-corrected chi connectivity index (χ0v) is 11.6. The summed E-state index contributed by atoms with van der Waals surface area (Å²) in [5.41, 5.74) is 0.842. The second kappa shape index (κ2) is 4.72. The molecule has 5 heteroatoms. The number of hydrogen-bond donors (Lipinski definition) is 0. The molecule has 3 rings (SSSR count). The third-order valence-electron chi connectivity index (χ3n) is 3.80. The van der Waals surface area contributed by atoms with Crippen molar-refractivity contribution in [3.05, 3.63) is 15.6 Å². The Morgan fingerprint density at radius 2 is 2.39 bits per heavy atom. The normalized spacial score (nSPS) is 28.3. The van der Waals surface area contributed by atoms with Crippen LogP contribution in [0.1, 0.15) is 46.2 Å². The molecule has 3 heterocycles. The molecular weight excluding hydrogens is 248 g/mol. The summed E-state index contributed by atoms with van der Waals surface area (Å²) in [4.78, 5) is 19.3. The van der Waals surface area contributed by atoms with Gasteiger partial charge in [0.15, 0.2) is 5.78 Å². The van der Waals surface area contributed by atoms with Gasteiger partial charge in [0.25, 0.3) is 0 Å². The first-order valence-corrected chi connectivity index (χ1v) is 7.30. The molecule has 0 bridgehead atoms. The fourth-order valence-corrected chi connectivity index (χ4v) is 3.85. The van der Waals surface area contributed by atoms with Gasteiger partial charge >= 0.3 is 0 Å². The van der Waals surface area contributed by atoms with Crippen LogP contribution >= 0.6 is 11.3 Å². The van der Waals surface area contributed by atoms with Crippen LogP contribution in [0.15, 0.2) is 0 Å². The number of ether oxygens (including phenoxy) is 1. The van der Waals surface area contributed by atoms with Crippen molar-refractivity contribution < 1.29 is 9.53 Å². The van der Waals surface area contributed by atoms with Gasteiger partial charge in [-0.25, -0.2) is 4.98 Å². The second-order valence-electron chi connectivity index (χ2n) is 5.14. The molecule has 18 heavy (non-hydrogen) atoms. The molecule has 0 N–H and O–H groups in total. The molecule has 1 aromatic rings. The second-order valence-corrected chi connectivity index (χ2v) is 6.17. The largest absolute Gasteiger partial charge is 0.368 e. The number of carbonyl (C=O) groups excluding carboxylic acids is 1. The van der Waals surface area contributed by atoms with Crippen LogP contribution < -0.4 is 0 Å². The van der Waals surface area contributed by atoms with E-state index in [1.54, 1.807) is 6.92 Å². The highest BCUT2D eigenvalue weighted by Crippen LogP contribution is 2.33. The first kappa shape index (κ1) is 12.3. The van der Waals surface area contributed by atoms with Crippen LogP contribution in [0.2, 0.25) is 0 Å². The molecule has 98 valence electrons. The topological polar surface area (TPSA) is 42.4 Å². The number of aryl methyl sites for hydroxylation is 1. The molecule has 0 saturated carbocycles. The molecule has 2 aliphatic rings. The van der Waals surface area contributed by atoms with E-state index in [-0.39, 0.29) is 11.9 Å². The maximum Gasteiger partial charge on any atom is 0.171 e. The Kier molecular flexibility index (Phi) is 3.21. The molecule has 0 amide bonds. The Morgan fingerprint density at radius 3 is 3.11 bits per heavy atom. The van der Waals surface area contributed by atoms with Gasteiger partial charge in [-0.05, 0) is 26.3 Å². The molecular formula is C13H18N2O2S. The predicted octanol–water partition coefficient (Wildman–Crippen LogP) is 2.19. The lowest BCUT2D eigenvalue weighted by molar-refractivity contribution is -0.0502. The first-order valence-electron chi connectivity index (χ1n) is 6.49. The molecule has 0 aliphatic carbocycles. The van der Waals surface area contributed by atoms with Crippen LogP contribution in [0.3, 0.4) is 0 Å². The van der Waals surface area contributed by atoms with Crippen LogP contribution in [-0.4, -0.2) is 41.4 Å². The highest BCUT2D eigenvalue weighted by Gasteiger charge is 2.34. The van der Waals surface area contributed by atoms with Gasteiger partial charge in [0, 0.05) is 19.5 Å². The summed E-state index contributed by atoms with van der Waals surface area (Å²) in [6.45, 7) is 6.41. The summed E-state index contributed by atoms with van der Waals surface area (Å²) in [5.74, 6) is 0.103. The van der Waals surface area contributed by atoms with Crippen LogP contribution in [0.4, 0.5) is 0 Å². The summed E-state index contributed by atoms with van der Waals surface area (Å²) >= 11 is 1.50. The first-order chi connectivity index (χ1) is 8.65. The number of morpholine rings is 1. The summed E-state index contributed by atoms with van der Waals surface area (Å²) < 4.78 is 5.92. The number of fused-ring (bicyclic) bond motifs is 1. The standard InChI is InChI=1S/C13H18N2O2S/c1-8-12(9(2)16)18-13(14-8)11-6-15-5-3-4-10(15)7-17-11/h10-11H,3-7H2,1-2H3/t10-,11-/m1/s1. The Labute approximate surface area is 111 Å². The van der Waals surface area contributed by atoms with E-state index in [0.29, 0.717) is 6.04 Å². The van der Waals surface area contributed by atoms with E-state index >= 15 is 0 Å². The van der Waals surface area contributed by atoms with Gasteiger partial charge in [-0.1, -0.05) is 0 Å². The summed E-state index contributed by atoms with van der Waals surface area (Å²) in [6, 6.07) is 0.606. The zero-order valence-electron chi connectivity index (χ0n) is 10.8. The Balaban J connectivity index is 1.78. The minimum Gasteiger partial charge on any atom is -0.368 e. The van der Waals surface area contributed by atoms with Crippen LogP contribution in [0, 0.1) is 6.92 Å². The van der Waals surface area contributed by atoms with Gasteiger partial charge in [-0.3, -0.25) is 9.69 Å². The molecule has 1 aromatic heterocycles. The average molecular weight is 266 g/mol. The van der Waals surface area contributed by atoms with Crippen molar-refractivity contribution in [1.29, 1.82) is 0 Å². The molecule has 0 aromatic carbocycles. The van der Waals surface area contributed by atoms with E-state index in [1.165, 1.54) is 30.7 Å². The summed E-state index contributed by atoms with van der Waals surface area (Å²) in [5, 5.41) is 0.961. The van der Waals surface area contributed by atoms with Gasteiger partial charge in [0.2, 0.25) is 0 Å². The zero-order chi connectivity index (χ0) is 12.7. The molecule has 2 atom stereocenters. The van der Waals surface area contributed by atoms with E-state index in [1.807, 2.05) is 6.92 Å². The molecule has 2 aliphatic heterocycles. The van der Waals surface area contributed by atoms with E-state index in [2.05, 4.69) is 9.88 Å². The smallest absolute Gasteiger partial charge is 0.171 e. The fraction of sp³-hybridized carbons (Fsp3) is 0.692. The van der Waals surface area contributed by atoms with Gasteiger partial charge in [0.05, 0.1) is 17.2 Å². The minimum absolute atomic E-state index is 0.0520. The van der Waals surface area contributed by atoms with E-state index in [0.717, 1.165) is 28.7 Å². The van der Waals surface area contributed by atoms with Gasteiger partial charge in [-0.15, -0.1) is 11.3 Å². The number of Topliss-reactive ketones (excluding diaryl/α,β-unsaturated/α-hetero) is 1. The van der Waals surface area contributed by atoms with Crippen molar-refractivity contribution in [3.63, 3.8) is 0 Å². The van der Waals surface area contributed by atoms with Gasteiger partial charge < -0.3 is 4.74 Å². The Hall–Kier alpha value is -0.780. The van der Waals surface area contributed by atoms with Crippen LogP contribution in [-0.2, 0) is 4.74 Å². The molecule has 0 radical (unpaired) electrons. The number of thiazole rings is 1. The maximum absolute atomic E-state index is 11.5. The monoisotopic (exact) mass is 266 g/mol. The highest BCUT2D eigenvalue weighted by molar-refractivity contribution is 7.13. The molecule has 4 nitrogen and oxygen atoms in total. The van der Waals surface area contributed by atoms with Crippen LogP contribution in [0.25, 0.3) is 0 Å². The molecule has 2 fully saturated rings. The van der Waals surface area contributed by atoms with Crippen molar-refractivity contribution in [2.24, 2.45) is 0 Å². The average Bonchev–Trinajstić information content (AvgIpc) is 2.93. The number of aromatic nitrogens is 1. The lowest BCUT2D eigenvalue weighted by Crippen LogP contribution is -2.42. The van der Waals surface area contributed by atoms with Crippen molar-refractivity contribution in [1.82, 2.24) is 9.88 Å². The number of nitrogens with zero attached hydrogens (tertiary/aromatic N) is 2. The van der Waals surface area contributed by atoms with Gasteiger partial charge in [-0.2, -0.15) is 0 Å². The quantitative estimate of drug-likeness (QED) is 0.770. The lowest BCUT2D eigenvalue weighted by Gasteiger charge is -2.34. The predicted molar refractivity (Wildman–Crippen MR) is 70.1 cm³/mol. The van der Waals surface area contributed by atoms with Crippen molar-refractivity contribution in [3.8, 4) is 0 Å². The third kappa shape index (κ3) is 2.11. The Morgan fingerprint density at radius 1 is 1.56 bits per heavy atom. The van der Waals surface area contributed by atoms with Crippen LogP contribution in [0.5, 0.6) is 0 Å². The number of rotatable bonds is 2. The van der Waals surface area contributed by atoms with E-state index in [4.69, 9.17) is 4.74 Å². The molecule has 0 spiro atoms.